The van der Waals surface area contributed by atoms with Crippen LogP contribution < -0.4 is 10.2 Å². The maximum absolute atomic E-state index is 13.3. The first-order valence-electron chi connectivity index (χ1n) is 12.0. The minimum Gasteiger partial charge on any atom is -0.343 e. The molecule has 0 unspecified atom stereocenters. The molecule has 2 saturated heterocycles. The topological polar surface area (TPSA) is 115 Å². The molecule has 2 aromatic rings. The molecular weight excluding hydrogens is 430 g/mol. The Labute approximate surface area is 199 Å². The number of carbonyl (C=O) groups is 2. The monoisotopic (exact) mass is 459 g/mol. The van der Waals surface area contributed by atoms with Gasteiger partial charge in [-0.2, -0.15) is 10.2 Å². The number of anilines is 3. The van der Waals surface area contributed by atoms with Gasteiger partial charge in [-0.1, -0.05) is 0 Å². The van der Waals surface area contributed by atoms with E-state index in [4.69, 9.17) is 0 Å². The molecule has 2 atom stereocenters. The number of amides is 2. The zero-order valence-corrected chi connectivity index (χ0v) is 19.6. The predicted octanol–water partition coefficient (Wildman–Crippen LogP) is 3.39. The van der Waals surface area contributed by atoms with Crippen molar-refractivity contribution in [3.8, 4) is 6.07 Å². The first kappa shape index (κ1) is 22.3. The molecule has 0 bridgehead atoms. The summed E-state index contributed by atoms with van der Waals surface area (Å²) in [5, 5.41) is 13.0. The van der Waals surface area contributed by atoms with E-state index >= 15 is 0 Å². The quantitative estimate of drug-likeness (QED) is 0.729. The summed E-state index contributed by atoms with van der Waals surface area (Å²) in [5.74, 6) is 1.38. The Hall–Kier alpha value is -3.54. The zero-order chi connectivity index (χ0) is 23.9. The highest BCUT2D eigenvalue weighted by Gasteiger charge is 2.59. The zero-order valence-electron chi connectivity index (χ0n) is 19.6. The van der Waals surface area contributed by atoms with E-state index in [-0.39, 0.29) is 23.8 Å². The summed E-state index contributed by atoms with van der Waals surface area (Å²) in [6, 6.07) is 7.92. The van der Waals surface area contributed by atoms with Crippen molar-refractivity contribution < 1.29 is 9.59 Å². The van der Waals surface area contributed by atoms with E-state index in [1.54, 1.807) is 30.3 Å². The van der Waals surface area contributed by atoms with Gasteiger partial charge in [0.05, 0.1) is 18.0 Å². The average molecular weight is 460 g/mol. The maximum atomic E-state index is 13.3. The van der Waals surface area contributed by atoms with Crippen LogP contribution in [-0.4, -0.2) is 50.8 Å². The van der Waals surface area contributed by atoms with Crippen LogP contribution in [0.1, 0.15) is 57.6 Å². The molecule has 2 aliphatic heterocycles. The molecule has 2 aromatic heterocycles. The van der Waals surface area contributed by atoms with Gasteiger partial charge < -0.3 is 10.2 Å². The molecule has 3 fully saturated rings. The number of carbonyl (C=O) groups excluding carboxylic acids is 2. The van der Waals surface area contributed by atoms with Crippen LogP contribution in [0.25, 0.3) is 0 Å². The second kappa shape index (κ2) is 8.67. The fourth-order valence-electron chi connectivity index (χ4n) is 5.38. The molecule has 1 aliphatic carbocycles. The molecule has 9 nitrogen and oxygen atoms in total. The predicted molar refractivity (Wildman–Crippen MR) is 126 cm³/mol. The average Bonchev–Trinajstić information content (AvgIpc) is 3.66. The number of aromatic nitrogens is 3. The van der Waals surface area contributed by atoms with Gasteiger partial charge >= 0.3 is 0 Å². The van der Waals surface area contributed by atoms with Gasteiger partial charge in [0.1, 0.15) is 11.2 Å². The third-order valence-corrected chi connectivity index (χ3v) is 7.42. The van der Waals surface area contributed by atoms with Gasteiger partial charge in [-0.05, 0) is 63.1 Å². The molecule has 1 N–H and O–H groups in total. The molecule has 5 rings (SSSR count). The van der Waals surface area contributed by atoms with E-state index in [0.717, 1.165) is 50.2 Å². The highest BCUT2D eigenvalue weighted by Crippen LogP contribution is 2.53. The van der Waals surface area contributed by atoms with Crippen LogP contribution in [0.2, 0.25) is 0 Å². The van der Waals surface area contributed by atoms with E-state index < -0.39 is 5.41 Å². The van der Waals surface area contributed by atoms with E-state index in [1.807, 2.05) is 24.0 Å². The van der Waals surface area contributed by atoms with Gasteiger partial charge in [-0.25, -0.2) is 4.98 Å². The number of pyridine rings is 1. The Morgan fingerprint density at radius 1 is 1.18 bits per heavy atom. The van der Waals surface area contributed by atoms with E-state index in [2.05, 4.69) is 26.3 Å². The second-order valence-electron chi connectivity index (χ2n) is 9.70. The third kappa shape index (κ3) is 3.98. The van der Waals surface area contributed by atoms with Crippen molar-refractivity contribution in [1.82, 2.24) is 19.9 Å². The van der Waals surface area contributed by atoms with Crippen LogP contribution in [-0.2, 0) is 9.59 Å². The van der Waals surface area contributed by atoms with E-state index in [0.29, 0.717) is 24.1 Å². The molecule has 3 aliphatic rings. The summed E-state index contributed by atoms with van der Waals surface area (Å²) in [7, 11) is 0. The summed E-state index contributed by atoms with van der Waals surface area (Å²) in [4.78, 5) is 41.8. The Kier molecular flexibility index (Phi) is 5.68. The maximum Gasteiger partial charge on any atom is 0.249 e. The Morgan fingerprint density at radius 2 is 1.94 bits per heavy atom. The van der Waals surface area contributed by atoms with Gasteiger partial charge in [-0.15, -0.1) is 0 Å². The third-order valence-electron chi connectivity index (χ3n) is 7.42. The smallest absolute Gasteiger partial charge is 0.249 e. The fourth-order valence-corrected chi connectivity index (χ4v) is 5.38. The number of nitrogens with zero attached hydrogens (tertiary/aromatic N) is 6. The largest absolute Gasteiger partial charge is 0.343 e. The lowest BCUT2D eigenvalue weighted by molar-refractivity contribution is -0.129. The van der Waals surface area contributed by atoms with Crippen LogP contribution in [0.4, 0.5) is 17.5 Å². The molecule has 176 valence electrons. The van der Waals surface area contributed by atoms with Crippen molar-refractivity contribution in [2.24, 2.45) is 11.3 Å². The van der Waals surface area contributed by atoms with E-state index in [9.17, 15) is 14.9 Å². The van der Waals surface area contributed by atoms with Gasteiger partial charge in [0.2, 0.25) is 17.8 Å². The first-order chi connectivity index (χ1) is 16.4. The van der Waals surface area contributed by atoms with E-state index in [1.165, 1.54) is 0 Å². The normalized spacial score (nSPS) is 25.3. The lowest BCUT2D eigenvalue weighted by atomic mass is 9.81. The number of hydrogen-bond donors (Lipinski definition) is 1. The summed E-state index contributed by atoms with van der Waals surface area (Å²) >= 11 is 0. The number of nitriles is 1. The number of likely N-dealkylation sites (tertiary alicyclic amines) is 1. The summed E-state index contributed by atoms with van der Waals surface area (Å²) in [5.41, 5.74) is 0.859. The van der Waals surface area contributed by atoms with Crippen molar-refractivity contribution in [3.63, 3.8) is 0 Å². The first-order valence-corrected chi connectivity index (χ1v) is 12.0. The summed E-state index contributed by atoms with van der Waals surface area (Å²) < 4.78 is 0. The lowest BCUT2D eigenvalue weighted by Gasteiger charge is -2.31. The fraction of sp³-hybridized carbons (Fsp3) is 0.520. The molecule has 34 heavy (non-hydrogen) atoms. The van der Waals surface area contributed by atoms with Gasteiger partial charge in [-0.3, -0.25) is 19.5 Å². The Morgan fingerprint density at radius 3 is 2.56 bits per heavy atom. The molecular formula is C25H29N7O2. The summed E-state index contributed by atoms with van der Waals surface area (Å²) in [6.07, 6.45) is 7.63. The molecule has 0 aromatic carbocycles. The van der Waals surface area contributed by atoms with Crippen molar-refractivity contribution >= 4 is 29.3 Å². The molecule has 0 spiro atoms. The van der Waals surface area contributed by atoms with Crippen molar-refractivity contribution in [1.29, 1.82) is 5.26 Å². The number of hydrogen-bond acceptors (Lipinski definition) is 7. The lowest BCUT2D eigenvalue weighted by Crippen LogP contribution is -2.37. The van der Waals surface area contributed by atoms with Crippen LogP contribution in [0.3, 0.4) is 0 Å². The van der Waals surface area contributed by atoms with Gasteiger partial charge in [0.25, 0.3) is 0 Å². The molecule has 0 radical (unpaired) electrons. The SMILES string of the molecule is CC(=O)N1CCC(c2ccc(Nc3nccc(N4C(=O)[C@](C#N)(C5CC5)C[C@H]4C)n3)cn2)CC1. The van der Waals surface area contributed by atoms with Gasteiger partial charge in [0.15, 0.2) is 0 Å². The van der Waals surface area contributed by atoms with Crippen molar-refractivity contribution in [2.45, 2.75) is 57.9 Å². The van der Waals surface area contributed by atoms with Crippen molar-refractivity contribution in [3.05, 3.63) is 36.3 Å². The van der Waals surface area contributed by atoms with Crippen LogP contribution in [0, 0.1) is 22.7 Å². The highest BCUT2D eigenvalue weighted by atomic mass is 16.2. The standard InChI is InChI=1S/C25H29N7O2/c1-16-13-25(15-26,19-3-4-19)23(34)32(16)22-7-10-27-24(30-22)29-20-5-6-21(28-14-20)18-8-11-31(12-9-18)17(2)33/h5-7,10,14,16,18-19H,3-4,8-9,11-13H2,1-2H3,(H,27,29,30)/t16-,25-/m1/s1. The molecule has 2 amide bonds. The molecule has 4 heterocycles. The highest BCUT2D eigenvalue weighted by molar-refractivity contribution is 6.02. The number of rotatable bonds is 5. The molecule has 1 saturated carbocycles. The Bertz CT molecular complexity index is 1130. The second-order valence-corrected chi connectivity index (χ2v) is 9.70. The minimum absolute atomic E-state index is 0.0918. The Balaban J connectivity index is 1.27. The molecule has 9 heteroatoms. The van der Waals surface area contributed by atoms with Crippen LogP contribution >= 0.6 is 0 Å². The number of nitrogens with one attached hydrogen (secondary N) is 1. The van der Waals surface area contributed by atoms with Crippen molar-refractivity contribution in [2.75, 3.05) is 23.3 Å². The van der Waals surface area contributed by atoms with Crippen LogP contribution in [0.15, 0.2) is 30.6 Å². The minimum atomic E-state index is -0.918. The number of piperidine rings is 1. The summed E-state index contributed by atoms with van der Waals surface area (Å²) in [6.45, 7) is 5.12. The van der Waals surface area contributed by atoms with Gasteiger partial charge in [0, 0.05) is 43.9 Å². The van der Waals surface area contributed by atoms with Crippen LogP contribution in [0.5, 0.6) is 0 Å².